The normalized spacial score (nSPS) is 22.8. The molecule has 2 fully saturated rings. The maximum atomic E-state index is 5.74. The molecule has 4 heteroatoms. The first-order valence-electron chi connectivity index (χ1n) is 8.58. The highest BCUT2D eigenvalue weighted by Gasteiger charge is 2.22. The quantitative estimate of drug-likeness (QED) is 0.868. The van der Waals surface area contributed by atoms with Gasteiger partial charge in [-0.15, -0.1) is 0 Å². The average molecular weight is 289 g/mol. The highest BCUT2D eigenvalue weighted by molar-refractivity contribution is 5.37. The number of hydrogen-bond donors (Lipinski definition) is 1. The van der Waals surface area contributed by atoms with E-state index >= 15 is 0 Å². The molecule has 21 heavy (non-hydrogen) atoms. The van der Waals surface area contributed by atoms with E-state index in [4.69, 9.17) is 14.7 Å². The minimum absolute atomic E-state index is 0.322. The zero-order valence-electron chi connectivity index (χ0n) is 13.1. The fraction of sp³-hybridized carbons (Fsp3) is 0.765. The maximum Gasteiger partial charge on any atom is 0.133 e. The van der Waals surface area contributed by atoms with Crippen LogP contribution in [0.4, 0.5) is 5.82 Å². The lowest BCUT2D eigenvalue weighted by Crippen LogP contribution is -2.15. The highest BCUT2D eigenvalue weighted by Crippen LogP contribution is 2.34. The predicted octanol–water partition coefficient (Wildman–Crippen LogP) is 3.68. The van der Waals surface area contributed by atoms with E-state index in [1.165, 1.54) is 37.8 Å². The first-order valence-corrected chi connectivity index (χ1v) is 8.58. The Morgan fingerprint density at radius 1 is 1.19 bits per heavy atom. The number of hydrogen-bond acceptors (Lipinski definition) is 4. The van der Waals surface area contributed by atoms with Crippen LogP contribution in [0.2, 0.25) is 0 Å². The summed E-state index contributed by atoms with van der Waals surface area (Å²) in [7, 11) is 0. The fourth-order valence-electron chi connectivity index (χ4n) is 3.39. The molecule has 116 valence electrons. The zero-order valence-corrected chi connectivity index (χ0v) is 13.1. The number of ether oxygens (including phenoxy) is 1. The third-order valence-electron chi connectivity index (χ3n) is 4.56. The van der Waals surface area contributed by atoms with Crippen molar-refractivity contribution < 1.29 is 4.74 Å². The smallest absolute Gasteiger partial charge is 0.133 e. The number of nitrogens with one attached hydrogen (secondary N) is 1. The first kappa shape index (κ1) is 14.8. The lowest BCUT2D eigenvalue weighted by Gasteiger charge is -2.15. The molecule has 0 aromatic carbocycles. The molecule has 1 unspecified atom stereocenters. The van der Waals surface area contributed by atoms with Crippen LogP contribution in [-0.2, 0) is 11.2 Å². The molecule has 0 amide bonds. The average Bonchev–Trinajstić information content (AvgIpc) is 3.18. The number of aromatic nitrogens is 2. The molecule has 2 aliphatic rings. The number of nitrogens with zero attached hydrogens (tertiary/aromatic N) is 2. The summed E-state index contributed by atoms with van der Waals surface area (Å²) < 4.78 is 5.74. The van der Waals surface area contributed by atoms with E-state index in [9.17, 15) is 0 Å². The second-order valence-electron chi connectivity index (χ2n) is 6.34. The molecule has 4 nitrogen and oxygen atoms in total. The predicted molar refractivity (Wildman–Crippen MR) is 84.7 cm³/mol. The van der Waals surface area contributed by atoms with Gasteiger partial charge < -0.3 is 10.1 Å². The molecular weight excluding hydrogens is 262 g/mol. The second-order valence-corrected chi connectivity index (χ2v) is 6.34. The fourth-order valence-corrected chi connectivity index (χ4v) is 3.39. The van der Waals surface area contributed by atoms with E-state index in [-0.39, 0.29) is 0 Å². The summed E-state index contributed by atoms with van der Waals surface area (Å²) in [4.78, 5) is 9.56. The Morgan fingerprint density at radius 3 is 2.76 bits per heavy atom. The topological polar surface area (TPSA) is 47.0 Å². The van der Waals surface area contributed by atoms with Gasteiger partial charge in [0.15, 0.2) is 0 Å². The van der Waals surface area contributed by atoms with Gasteiger partial charge in [-0.3, -0.25) is 0 Å². The molecule has 2 heterocycles. The molecule has 3 rings (SSSR count). The maximum absolute atomic E-state index is 5.74. The van der Waals surface area contributed by atoms with E-state index in [2.05, 4.69) is 18.3 Å². The minimum Gasteiger partial charge on any atom is -0.378 e. The van der Waals surface area contributed by atoms with Crippen LogP contribution in [0.3, 0.4) is 0 Å². The van der Waals surface area contributed by atoms with Crippen molar-refractivity contribution in [2.24, 2.45) is 0 Å². The minimum atomic E-state index is 0.322. The van der Waals surface area contributed by atoms with Crippen LogP contribution in [0.25, 0.3) is 0 Å². The van der Waals surface area contributed by atoms with E-state index in [1.807, 2.05) is 0 Å². The molecule has 0 radical (unpaired) electrons. The van der Waals surface area contributed by atoms with Gasteiger partial charge >= 0.3 is 0 Å². The van der Waals surface area contributed by atoms with Gasteiger partial charge in [-0.05, 0) is 32.1 Å². The Kier molecular flexibility index (Phi) is 5.07. The summed E-state index contributed by atoms with van der Waals surface area (Å²) in [5.41, 5.74) is 1.24. The Morgan fingerprint density at radius 2 is 2.05 bits per heavy atom. The Bertz CT molecular complexity index is 451. The van der Waals surface area contributed by atoms with Crippen LogP contribution in [0, 0.1) is 0 Å². The first-order chi connectivity index (χ1) is 10.3. The Balaban J connectivity index is 1.77. The molecule has 0 spiro atoms. The van der Waals surface area contributed by atoms with E-state index in [0.717, 1.165) is 44.1 Å². The summed E-state index contributed by atoms with van der Waals surface area (Å²) in [5, 5.41) is 3.43. The summed E-state index contributed by atoms with van der Waals surface area (Å²) in [6.07, 6.45) is 9.87. The molecular formula is C17H27N3O. The van der Waals surface area contributed by atoms with Crippen molar-refractivity contribution in [2.75, 3.05) is 18.5 Å². The van der Waals surface area contributed by atoms with Crippen molar-refractivity contribution in [1.82, 2.24) is 9.97 Å². The highest BCUT2D eigenvalue weighted by atomic mass is 16.5. The zero-order chi connectivity index (χ0) is 14.5. The lowest BCUT2D eigenvalue weighted by molar-refractivity contribution is 0.110. The molecule has 1 aromatic heterocycles. The van der Waals surface area contributed by atoms with Crippen molar-refractivity contribution in [3.63, 3.8) is 0 Å². The van der Waals surface area contributed by atoms with Crippen LogP contribution >= 0.6 is 0 Å². The van der Waals surface area contributed by atoms with E-state index in [0.29, 0.717) is 12.0 Å². The van der Waals surface area contributed by atoms with Gasteiger partial charge in [-0.1, -0.05) is 19.8 Å². The number of anilines is 1. The van der Waals surface area contributed by atoms with E-state index in [1.54, 1.807) is 0 Å². The molecule has 1 N–H and O–H groups in total. The molecule has 1 saturated heterocycles. The Hall–Kier alpha value is -1.16. The Labute approximate surface area is 127 Å². The largest absolute Gasteiger partial charge is 0.378 e. The van der Waals surface area contributed by atoms with E-state index < -0.39 is 0 Å². The summed E-state index contributed by atoms with van der Waals surface area (Å²) in [6, 6.07) is 2.17. The molecule has 1 saturated carbocycles. The lowest BCUT2D eigenvalue weighted by atomic mass is 10.0. The molecule has 0 bridgehead atoms. The van der Waals surface area contributed by atoms with Gasteiger partial charge in [0, 0.05) is 37.3 Å². The summed E-state index contributed by atoms with van der Waals surface area (Å²) >= 11 is 0. The van der Waals surface area contributed by atoms with Gasteiger partial charge in [0.25, 0.3) is 0 Å². The molecule has 1 aliphatic carbocycles. The van der Waals surface area contributed by atoms with Crippen LogP contribution in [0.15, 0.2) is 6.07 Å². The van der Waals surface area contributed by atoms with Crippen LogP contribution in [-0.4, -0.2) is 29.2 Å². The molecule has 1 aromatic rings. The van der Waals surface area contributed by atoms with Crippen LogP contribution < -0.4 is 5.32 Å². The van der Waals surface area contributed by atoms with Crippen molar-refractivity contribution >= 4 is 5.82 Å². The van der Waals surface area contributed by atoms with Gasteiger partial charge in [0.05, 0.1) is 6.10 Å². The standard InChI is InChI=1S/C17H27N3O/c1-2-9-18-16-12-15(13-6-3-4-7-13)19-17(20-16)11-14-8-5-10-21-14/h12-14H,2-11H2,1H3,(H,18,19,20). The summed E-state index contributed by atoms with van der Waals surface area (Å²) in [5.74, 6) is 2.60. The van der Waals surface area contributed by atoms with Crippen molar-refractivity contribution in [2.45, 2.75) is 70.3 Å². The second kappa shape index (κ2) is 7.21. The van der Waals surface area contributed by atoms with Gasteiger partial charge in [-0.25, -0.2) is 9.97 Å². The van der Waals surface area contributed by atoms with Crippen LogP contribution in [0.5, 0.6) is 0 Å². The van der Waals surface area contributed by atoms with Crippen molar-refractivity contribution in [3.8, 4) is 0 Å². The van der Waals surface area contributed by atoms with Gasteiger partial charge in [-0.2, -0.15) is 0 Å². The van der Waals surface area contributed by atoms with Crippen molar-refractivity contribution in [1.29, 1.82) is 0 Å². The monoisotopic (exact) mass is 289 g/mol. The van der Waals surface area contributed by atoms with Gasteiger partial charge in [0.2, 0.25) is 0 Å². The van der Waals surface area contributed by atoms with Crippen LogP contribution in [0.1, 0.15) is 69.3 Å². The van der Waals surface area contributed by atoms with Crippen molar-refractivity contribution in [3.05, 3.63) is 17.6 Å². The van der Waals surface area contributed by atoms with Gasteiger partial charge in [0.1, 0.15) is 11.6 Å². The third-order valence-corrected chi connectivity index (χ3v) is 4.56. The third kappa shape index (κ3) is 3.94. The summed E-state index contributed by atoms with van der Waals surface area (Å²) in [6.45, 7) is 4.05. The SMILES string of the molecule is CCCNc1cc(C2CCCC2)nc(CC2CCCO2)n1. The molecule has 1 aliphatic heterocycles. The molecule has 1 atom stereocenters. The number of rotatable bonds is 6.